The molecule has 0 aromatic carbocycles. The summed E-state index contributed by atoms with van der Waals surface area (Å²) in [6.45, 7) is 8.67. The number of hydrogen-bond donors (Lipinski definition) is 1. The summed E-state index contributed by atoms with van der Waals surface area (Å²) in [5.41, 5.74) is 6.46. The highest BCUT2D eigenvalue weighted by atomic mass is 16.5. The molecule has 2 rings (SSSR count). The van der Waals surface area contributed by atoms with Crippen molar-refractivity contribution in [1.29, 1.82) is 0 Å². The SMILES string of the molecule is CC1CCC(C)C(CN)(N(C)CC2CCOCC2)C1. The summed E-state index contributed by atoms with van der Waals surface area (Å²) in [7, 11) is 2.30. The van der Waals surface area contributed by atoms with E-state index in [4.69, 9.17) is 10.5 Å². The Labute approximate surface area is 118 Å². The van der Waals surface area contributed by atoms with Crippen molar-refractivity contribution in [1.82, 2.24) is 4.90 Å². The summed E-state index contributed by atoms with van der Waals surface area (Å²) in [6.07, 6.45) is 6.40. The van der Waals surface area contributed by atoms with Crippen LogP contribution in [0.15, 0.2) is 0 Å². The highest BCUT2D eigenvalue weighted by Crippen LogP contribution is 2.40. The van der Waals surface area contributed by atoms with Gasteiger partial charge in [-0.1, -0.05) is 20.3 Å². The van der Waals surface area contributed by atoms with Gasteiger partial charge in [-0.25, -0.2) is 0 Å². The zero-order valence-electron chi connectivity index (χ0n) is 13.0. The normalized spacial score (nSPS) is 37.7. The summed E-state index contributed by atoms with van der Waals surface area (Å²) in [4.78, 5) is 2.60. The molecule has 1 heterocycles. The molecule has 3 heteroatoms. The monoisotopic (exact) mass is 268 g/mol. The van der Waals surface area contributed by atoms with Crippen LogP contribution in [0.3, 0.4) is 0 Å². The van der Waals surface area contributed by atoms with Crippen LogP contribution in [0, 0.1) is 17.8 Å². The third-order valence-corrected chi connectivity index (χ3v) is 5.70. The second-order valence-electron chi connectivity index (χ2n) is 7.03. The third kappa shape index (κ3) is 3.32. The molecule has 1 aliphatic heterocycles. The Kier molecular flexibility index (Phi) is 5.27. The fourth-order valence-corrected chi connectivity index (χ4v) is 4.18. The van der Waals surface area contributed by atoms with E-state index >= 15 is 0 Å². The van der Waals surface area contributed by atoms with Crippen LogP contribution in [0.1, 0.15) is 46.0 Å². The molecule has 1 saturated heterocycles. The highest BCUT2D eigenvalue weighted by Gasteiger charge is 2.43. The standard InChI is InChI=1S/C16H32N2O/c1-13-4-5-14(2)16(10-13,12-17)18(3)11-15-6-8-19-9-7-15/h13-15H,4-12,17H2,1-3H3. The summed E-state index contributed by atoms with van der Waals surface area (Å²) < 4.78 is 5.47. The molecule has 0 bridgehead atoms. The molecule has 0 amide bonds. The molecule has 112 valence electrons. The molecule has 3 nitrogen and oxygen atoms in total. The molecule has 0 spiro atoms. The smallest absolute Gasteiger partial charge is 0.0469 e. The number of ether oxygens (including phenoxy) is 1. The van der Waals surface area contributed by atoms with Gasteiger partial charge in [0.05, 0.1) is 0 Å². The number of hydrogen-bond acceptors (Lipinski definition) is 3. The average molecular weight is 268 g/mol. The first kappa shape index (κ1) is 15.3. The van der Waals surface area contributed by atoms with E-state index in [1.165, 1.54) is 38.6 Å². The maximum absolute atomic E-state index is 6.23. The van der Waals surface area contributed by atoms with E-state index in [0.717, 1.165) is 37.5 Å². The molecular formula is C16H32N2O. The van der Waals surface area contributed by atoms with E-state index in [9.17, 15) is 0 Å². The van der Waals surface area contributed by atoms with Crippen molar-refractivity contribution < 1.29 is 4.74 Å². The van der Waals surface area contributed by atoms with Crippen LogP contribution in [0.25, 0.3) is 0 Å². The predicted molar refractivity (Wildman–Crippen MR) is 80.1 cm³/mol. The van der Waals surface area contributed by atoms with E-state index < -0.39 is 0 Å². The van der Waals surface area contributed by atoms with Crippen molar-refractivity contribution in [3.63, 3.8) is 0 Å². The van der Waals surface area contributed by atoms with Crippen LogP contribution in [-0.4, -0.2) is 43.8 Å². The molecule has 1 aliphatic carbocycles. The lowest BCUT2D eigenvalue weighted by Crippen LogP contribution is -2.60. The second-order valence-corrected chi connectivity index (χ2v) is 7.03. The molecule has 0 aromatic heterocycles. The van der Waals surface area contributed by atoms with Crippen LogP contribution < -0.4 is 5.73 Å². The van der Waals surface area contributed by atoms with E-state index in [2.05, 4.69) is 25.8 Å². The fraction of sp³-hybridized carbons (Fsp3) is 1.00. The van der Waals surface area contributed by atoms with Crippen LogP contribution in [-0.2, 0) is 4.74 Å². The van der Waals surface area contributed by atoms with Gasteiger partial charge in [0.2, 0.25) is 0 Å². The van der Waals surface area contributed by atoms with Gasteiger partial charge < -0.3 is 10.5 Å². The van der Waals surface area contributed by atoms with Crippen LogP contribution in [0.2, 0.25) is 0 Å². The quantitative estimate of drug-likeness (QED) is 0.851. The van der Waals surface area contributed by atoms with Gasteiger partial charge in [0.1, 0.15) is 0 Å². The lowest BCUT2D eigenvalue weighted by atomic mass is 9.68. The molecule has 0 aromatic rings. The Morgan fingerprint density at radius 2 is 1.84 bits per heavy atom. The van der Waals surface area contributed by atoms with Crippen molar-refractivity contribution >= 4 is 0 Å². The zero-order valence-corrected chi connectivity index (χ0v) is 13.0. The first-order valence-electron chi connectivity index (χ1n) is 8.07. The second kappa shape index (κ2) is 6.55. The highest BCUT2D eigenvalue weighted by molar-refractivity contribution is 4.99. The molecule has 2 N–H and O–H groups in total. The minimum atomic E-state index is 0.232. The molecular weight excluding hydrogens is 236 g/mol. The Morgan fingerprint density at radius 3 is 2.47 bits per heavy atom. The molecule has 2 aliphatic rings. The maximum atomic E-state index is 6.23. The Bertz CT molecular complexity index is 278. The van der Waals surface area contributed by atoms with Gasteiger partial charge >= 0.3 is 0 Å². The number of likely N-dealkylation sites (N-methyl/N-ethyl adjacent to an activating group) is 1. The van der Waals surface area contributed by atoms with Crippen LogP contribution in [0.5, 0.6) is 0 Å². The van der Waals surface area contributed by atoms with Gasteiger partial charge in [-0.05, 0) is 50.5 Å². The number of nitrogens with zero attached hydrogens (tertiary/aromatic N) is 1. The summed E-state index contributed by atoms with van der Waals surface area (Å²) >= 11 is 0. The van der Waals surface area contributed by atoms with E-state index in [1.807, 2.05) is 0 Å². The minimum Gasteiger partial charge on any atom is -0.381 e. The van der Waals surface area contributed by atoms with E-state index in [1.54, 1.807) is 0 Å². The molecule has 1 saturated carbocycles. The zero-order chi connectivity index (χ0) is 13.9. The predicted octanol–water partition coefficient (Wildman–Crippen LogP) is 2.50. The van der Waals surface area contributed by atoms with Crippen LogP contribution >= 0.6 is 0 Å². The van der Waals surface area contributed by atoms with Gasteiger partial charge in [0.15, 0.2) is 0 Å². The topological polar surface area (TPSA) is 38.5 Å². The van der Waals surface area contributed by atoms with E-state index in [0.29, 0.717) is 0 Å². The van der Waals surface area contributed by atoms with Crippen molar-refractivity contribution in [3.8, 4) is 0 Å². The molecule has 0 radical (unpaired) electrons. The van der Waals surface area contributed by atoms with Crippen molar-refractivity contribution in [2.75, 3.05) is 33.4 Å². The lowest BCUT2D eigenvalue weighted by molar-refractivity contribution is -0.0127. The fourth-order valence-electron chi connectivity index (χ4n) is 4.18. The first-order valence-corrected chi connectivity index (χ1v) is 8.07. The van der Waals surface area contributed by atoms with Crippen molar-refractivity contribution in [2.24, 2.45) is 23.5 Å². The summed E-state index contributed by atoms with van der Waals surface area (Å²) in [5.74, 6) is 2.34. The average Bonchev–Trinajstić information content (AvgIpc) is 2.42. The maximum Gasteiger partial charge on any atom is 0.0469 e. The van der Waals surface area contributed by atoms with Gasteiger partial charge in [-0.2, -0.15) is 0 Å². The van der Waals surface area contributed by atoms with Gasteiger partial charge in [-0.15, -0.1) is 0 Å². The molecule has 3 unspecified atom stereocenters. The number of nitrogens with two attached hydrogens (primary N) is 1. The molecule has 2 fully saturated rings. The first-order chi connectivity index (χ1) is 9.08. The van der Waals surface area contributed by atoms with Crippen molar-refractivity contribution in [2.45, 2.75) is 51.5 Å². The van der Waals surface area contributed by atoms with Gasteiger partial charge in [-0.3, -0.25) is 4.90 Å². The summed E-state index contributed by atoms with van der Waals surface area (Å²) in [6, 6.07) is 0. The molecule has 19 heavy (non-hydrogen) atoms. The summed E-state index contributed by atoms with van der Waals surface area (Å²) in [5, 5.41) is 0. The van der Waals surface area contributed by atoms with Gasteiger partial charge in [0.25, 0.3) is 0 Å². The number of rotatable bonds is 4. The van der Waals surface area contributed by atoms with Crippen LogP contribution in [0.4, 0.5) is 0 Å². The molecule has 3 atom stereocenters. The van der Waals surface area contributed by atoms with E-state index in [-0.39, 0.29) is 5.54 Å². The Hall–Kier alpha value is -0.120. The Morgan fingerprint density at radius 1 is 1.16 bits per heavy atom. The minimum absolute atomic E-state index is 0.232. The van der Waals surface area contributed by atoms with Crippen molar-refractivity contribution in [3.05, 3.63) is 0 Å². The third-order valence-electron chi connectivity index (χ3n) is 5.70. The van der Waals surface area contributed by atoms with Gasteiger partial charge in [0, 0.05) is 31.8 Å². The largest absolute Gasteiger partial charge is 0.381 e. The lowest BCUT2D eigenvalue weighted by Gasteiger charge is -2.51. The Balaban J connectivity index is 2.01.